The van der Waals surface area contributed by atoms with Crippen LogP contribution >= 0.6 is 0 Å². The van der Waals surface area contributed by atoms with Gasteiger partial charge in [-0.15, -0.1) is 0 Å². The number of urea groups is 1. The second-order valence-corrected chi connectivity index (χ2v) is 6.03. The van der Waals surface area contributed by atoms with E-state index in [2.05, 4.69) is 5.32 Å². The fraction of sp³-hybridized carbons (Fsp3) is 0.611. The Morgan fingerprint density at radius 1 is 1.48 bits per heavy atom. The average Bonchev–Trinajstić information content (AvgIpc) is 2.56. The SMILES string of the molecule is CCOc1cccc(C(C)NC(=O)N2CCCCC2CCO)c1. The van der Waals surface area contributed by atoms with Gasteiger partial charge < -0.3 is 20.1 Å². The predicted molar refractivity (Wildman–Crippen MR) is 90.6 cm³/mol. The Bertz CT molecular complexity index is 505. The molecule has 1 saturated heterocycles. The number of aliphatic hydroxyl groups is 1. The quantitative estimate of drug-likeness (QED) is 0.846. The molecular formula is C18H28N2O3. The van der Waals surface area contributed by atoms with E-state index in [-0.39, 0.29) is 24.7 Å². The highest BCUT2D eigenvalue weighted by molar-refractivity contribution is 5.75. The topological polar surface area (TPSA) is 61.8 Å². The first kappa shape index (κ1) is 17.6. The van der Waals surface area contributed by atoms with Gasteiger partial charge in [0.15, 0.2) is 0 Å². The third-order valence-corrected chi connectivity index (χ3v) is 4.36. The number of nitrogens with one attached hydrogen (secondary N) is 1. The van der Waals surface area contributed by atoms with Crippen molar-refractivity contribution in [1.82, 2.24) is 10.2 Å². The molecule has 1 aromatic carbocycles. The molecule has 1 aliphatic rings. The van der Waals surface area contributed by atoms with Crippen molar-refractivity contribution in [2.24, 2.45) is 0 Å². The van der Waals surface area contributed by atoms with Gasteiger partial charge in [-0.3, -0.25) is 0 Å². The number of piperidine rings is 1. The lowest BCUT2D eigenvalue weighted by atomic mass is 10.00. The molecule has 2 atom stereocenters. The summed E-state index contributed by atoms with van der Waals surface area (Å²) in [7, 11) is 0. The Morgan fingerprint density at radius 2 is 2.30 bits per heavy atom. The van der Waals surface area contributed by atoms with Crippen molar-refractivity contribution < 1.29 is 14.6 Å². The number of carbonyl (C=O) groups excluding carboxylic acids is 1. The molecule has 128 valence electrons. The van der Waals surface area contributed by atoms with Gasteiger partial charge in [0.25, 0.3) is 0 Å². The fourth-order valence-electron chi connectivity index (χ4n) is 3.11. The molecule has 0 aliphatic carbocycles. The highest BCUT2D eigenvalue weighted by Gasteiger charge is 2.27. The minimum atomic E-state index is -0.0837. The number of benzene rings is 1. The summed E-state index contributed by atoms with van der Waals surface area (Å²) in [6, 6.07) is 7.85. The molecule has 1 aromatic rings. The summed E-state index contributed by atoms with van der Waals surface area (Å²) in [6.45, 7) is 5.45. The molecule has 0 radical (unpaired) electrons. The van der Waals surface area contributed by atoms with Crippen LogP contribution in [0.2, 0.25) is 0 Å². The number of rotatable bonds is 6. The lowest BCUT2D eigenvalue weighted by Gasteiger charge is -2.36. The van der Waals surface area contributed by atoms with Gasteiger partial charge in [-0.05, 0) is 57.2 Å². The van der Waals surface area contributed by atoms with E-state index in [4.69, 9.17) is 4.74 Å². The maximum absolute atomic E-state index is 12.6. The van der Waals surface area contributed by atoms with Crippen LogP contribution in [0, 0.1) is 0 Å². The van der Waals surface area contributed by atoms with Gasteiger partial charge in [0.05, 0.1) is 12.6 Å². The first-order valence-electron chi connectivity index (χ1n) is 8.56. The minimum absolute atomic E-state index is 0.0440. The van der Waals surface area contributed by atoms with E-state index in [0.717, 1.165) is 37.1 Å². The Balaban J connectivity index is 1.99. The largest absolute Gasteiger partial charge is 0.494 e. The standard InChI is InChI=1S/C18H28N2O3/c1-3-23-17-9-6-7-15(13-17)14(2)19-18(22)20-11-5-4-8-16(20)10-12-21/h6-7,9,13-14,16,21H,3-5,8,10-12H2,1-2H3,(H,19,22). The highest BCUT2D eigenvalue weighted by atomic mass is 16.5. The number of hydrogen-bond donors (Lipinski definition) is 2. The number of aliphatic hydroxyl groups excluding tert-OH is 1. The molecule has 2 rings (SSSR count). The van der Waals surface area contributed by atoms with E-state index in [1.54, 1.807) is 0 Å². The third kappa shape index (κ3) is 4.86. The zero-order valence-corrected chi connectivity index (χ0v) is 14.1. The molecule has 0 saturated carbocycles. The van der Waals surface area contributed by atoms with Crippen LogP contribution < -0.4 is 10.1 Å². The molecule has 0 aromatic heterocycles. The summed E-state index contributed by atoms with van der Waals surface area (Å²) in [5.41, 5.74) is 1.03. The lowest BCUT2D eigenvalue weighted by molar-refractivity contribution is 0.130. The molecular weight excluding hydrogens is 292 g/mol. The van der Waals surface area contributed by atoms with Crippen LogP contribution in [-0.4, -0.2) is 41.8 Å². The van der Waals surface area contributed by atoms with Crippen molar-refractivity contribution in [2.45, 2.75) is 51.6 Å². The molecule has 0 spiro atoms. The summed E-state index contributed by atoms with van der Waals surface area (Å²) in [5.74, 6) is 0.822. The molecule has 1 fully saturated rings. The minimum Gasteiger partial charge on any atom is -0.494 e. The van der Waals surface area contributed by atoms with Crippen molar-refractivity contribution in [2.75, 3.05) is 19.8 Å². The van der Waals surface area contributed by atoms with E-state index >= 15 is 0 Å². The summed E-state index contributed by atoms with van der Waals surface area (Å²) in [4.78, 5) is 14.5. The van der Waals surface area contributed by atoms with E-state index in [1.807, 2.05) is 43.0 Å². The fourth-order valence-corrected chi connectivity index (χ4v) is 3.11. The number of ether oxygens (including phenoxy) is 1. The smallest absolute Gasteiger partial charge is 0.318 e. The molecule has 23 heavy (non-hydrogen) atoms. The summed E-state index contributed by atoms with van der Waals surface area (Å²) >= 11 is 0. The maximum Gasteiger partial charge on any atom is 0.318 e. The first-order valence-corrected chi connectivity index (χ1v) is 8.56. The van der Waals surface area contributed by atoms with Crippen LogP contribution in [0.3, 0.4) is 0 Å². The molecule has 5 nitrogen and oxygen atoms in total. The molecule has 2 N–H and O–H groups in total. The zero-order chi connectivity index (χ0) is 16.7. The number of carbonyl (C=O) groups is 1. The van der Waals surface area contributed by atoms with Crippen LogP contribution in [0.4, 0.5) is 4.79 Å². The molecule has 0 bridgehead atoms. The second-order valence-electron chi connectivity index (χ2n) is 6.03. The van der Waals surface area contributed by atoms with Gasteiger partial charge in [-0.1, -0.05) is 12.1 Å². The van der Waals surface area contributed by atoms with Gasteiger partial charge in [-0.2, -0.15) is 0 Å². The zero-order valence-electron chi connectivity index (χ0n) is 14.1. The number of amides is 2. The van der Waals surface area contributed by atoms with Crippen molar-refractivity contribution in [1.29, 1.82) is 0 Å². The summed E-state index contributed by atoms with van der Waals surface area (Å²) in [5, 5.41) is 12.3. The van der Waals surface area contributed by atoms with Crippen molar-refractivity contribution in [3.8, 4) is 5.75 Å². The van der Waals surface area contributed by atoms with E-state index < -0.39 is 0 Å². The summed E-state index contributed by atoms with van der Waals surface area (Å²) in [6.07, 6.45) is 3.79. The third-order valence-electron chi connectivity index (χ3n) is 4.36. The van der Waals surface area contributed by atoms with Crippen molar-refractivity contribution in [3.05, 3.63) is 29.8 Å². The van der Waals surface area contributed by atoms with Gasteiger partial charge in [0.2, 0.25) is 0 Å². The predicted octanol–water partition coefficient (Wildman–Crippen LogP) is 3.09. The molecule has 2 amide bonds. The van der Waals surface area contributed by atoms with Crippen LogP contribution in [0.5, 0.6) is 5.75 Å². The Kier molecular flexibility index (Phi) is 6.71. The summed E-state index contributed by atoms with van der Waals surface area (Å²) < 4.78 is 5.52. The van der Waals surface area contributed by atoms with Crippen LogP contribution in [0.1, 0.15) is 51.1 Å². The number of hydrogen-bond acceptors (Lipinski definition) is 3. The van der Waals surface area contributed by atoms with Crippen LogP contribution in [0.15, 0.2) is 24.3 Å². The van der Waals surface area contributed by atoms with E-state index in [9.17, 15) is 9.90 Å². The second kappa shape index (κ2) is 8.77. The maximum atomic E-state index is 12.6. The Hall–Kier alpha value is -1.75. The molecule has 5 heteroatoms. The highest BCUT2D eigenvalue weighted by Crippen LogP contribution is 2.22. The van der Waals surface area contributed by atoms with E-state index in [0.29, 0.717) is 13.0 Å². The Morgan fingerprint density at radius 3 is 3.04 bits per heavy atom. The van der Waals surface area contributed by atoms with Crippen LogP contribution in [-0.2, 0) is 0 Å². The van der Waals surface area contributed by atoms with Gasteiger partial charge in [-0.25, -0.2) is 4.79 Å². The first-order chi connectivity index (χ1) is 11.2. The molecule has 1 heterocycles. The van der Waals surface area contributed by atoms with Crippen molar-refractivity contribution >= 4 is 6.03 Å². The lowest BCUT2D eigenvalue weighted by Crippen LogP contribution is -2.49. The average molecular weight is 320 g/mol. The molecule has 1 aliphatic heterocycles. The van der Waals surface area contributed by atoms with Gasteiger partial charge >= 0.3 is 6.03 Å². The van der Waals surface area contributed by atoms with E-state index in [1.165, 1.54) is 0 Å². The monoisotopic (exact) mass is 320 g/mol. The Labute approximate surface area is 138 Å². The van der Waals surface area contributed by atoms with Crippen LogP contribution in [0.25, 0.3) is 0 Å². The van der Waals surface area contributed by atoms with Crippen molar-refractivity contribution in [3.63, 3.8) is 0 Å². The number of likely N-dealkylation sites (tertiary alicyclic amines) is 1. The normalized spacial score (nSPS) is 19.3. The molecule has 2 unspecified atom stereocenters. The van der Waals surface area contributed by atoms with Gasteiger partial charge in [0, 0.05) is 19.2 Å². The van der Waals surface area contributed by atoms with Gasteiger partial charge in [0.1, 0.15) is 5.75 Å². The number of nitrogens with zero attached hydrogens (tertiary/aromatic N) is 1.